The number of aryl methyl sites for hydroxylation is 2. The van der Waals surface area contributed by atoms with Crippen molar-refractivity contribution < 1.29 is 13.2 Å². The predicted molar refractivity (Wildman–Crippen MR) is 95.8 cm³/mol. The molecule has 0 aromatic heterocycles. The van der Waals surface area contributed by atoms with Crippen molar-refractivity contribution in [2.45, 2.75) is 51.4 Å². The van der Waals surface area contributed by atoms with E-state index < -0.39 is 9.84 Å². The summed E-state index contributed by atoms with van der Waals surface area (Å²) in [5.41, 5.74) is 3.97. The maximum atomic E-state index is 12.4. The molecule has 0 unspecified atom stereocenters. The van der Waals surface area contributed by atoms with Gasteiger partial charge in [-0.15, -0.1) is 0 Å². The number of amides is 1. The quantitative estimate of drug-likeness (QED) is 0.909. The topological polar surface area (TPSA) is 63.2 Å². The van der Waals surface area contributed by atoms with E-state index >= 15 is 0 Å². The van der Waals surface area contributed by atoms with Crippen molar-refractivity contribution in [3.8, 4) is 0 Å². The third-order valence-electron chi connectivity index (χ3n) is 5.96. The van der Waals surface area contributed by atoms with Gasteiger partial charge < -0.3 is 5.32 Å². The summed E-state index contributed by atoms with van der Waals surface area (Å²) in [6, 6.07) is 6.62. The van der Waals surface area contributed by atoms with Crippen molar-refractivity contribution in [2.75, 3.05) is 18.1 Å². The molecular formula is C19H27NO3S. The zero-order valence-corrected chi connectivity index (χ0v) is 15.4. The van der Waals surface area contributed by atoms with Gasteiger partial charge in [0.05, 0.1) is 11.5 Å². The Kier molecular flexibility index (Phi) is 4.73. The van der Waals surface area contributed by atoms with Crippen LogP contribution in [0.1, 0.15) is 48.8 Å². The number of nitrogens with one attached hydrogen (secondary N) is 1. The molecule has 2 fully saturated rings. The number of sulfone groups is 1. The highest BCUT2D eigenvalue weighted by Gasteiger charge is 2.39. The van der Waals surface area contributed by atoms with Gasteiger partial charge in [-0.25, -0.2) is 8.42 Å². The smallest absolute Gasteiger partial charge is 0.223 e. The first-order valence-corrected chi connectivity index (χ1v) is 10.7. The van der Waals surface area contributed by atoms with Crippen LogP contribution in [0.2, 0.25) is 0 Å². The summed E-state index contributed by atoms with van der Waals surface area (Å²) < 4.78 is 23.0. The zero-order valence-electron chi connectivity index (χ0n) is 14.6. The highest BCUT2D eigenvalue weighted by atomic mass is 32.2. The van der Waals surface area contributed by atoms with Crippen molar-refractivity contribution in [3.05, 3.63) is 34.9 Å². The summed E-state index contributed by atoms with van der Waals surface area (Å²) in [5, 5.41) is 3.12. The van der Waals surface area contributed by atoms with Crippen LogP contribution in [0.4, 0.5) is 0 Å². The fraction of sp³-hybridized carbons (Fsp3) is 0.632. The summed E-state index contributed by atoms with van der Waals surface area (Å²) in [6.45, 7) is 4.91. The van der Waals surface area contributed by atoms with Crippen molar-refractivity contribution in [2.24, 2.45) is 5.92 Å². The number of carbonyl (C=O) groups excluding carboxylic acids is 1. The molecule has 3 rings (SSSR count). The minimum absolute atomic E-state index is 0.0278. The Balaban J connectivity index is 1.63. The molecule has 1 aliphatic carbocycles. The number of benzene rings is 1. The Morgan fingerprint density at radius 3 is 2.38 bits per heavy atom. The molecule has 1 aromatic rings. The van der Waals surface area contributed by atoms with E-state index in [0.29, 0.717) is 19.4 Å². The van der Waals surface area contributed by atoms with E-state index in [9.17, 15) is 13.2 Å². The average molecular weight is 349 g/mol. The van der Waals surface area contributed by atoms with Gasteiger partial charge in [-0.3, -0.25) is 4.79 Å². The van der Waals surface area contributed by atoms with E-state index in [2.05, 4.69) is 37.4 Å². The highest BCUT2D eigenvalue weighted by molar-refractivity contribution is 7.91. The molecule has 1 N–H and O–H groups in total. The monoisotopic (exact) mass is 349 g/mol. The number of hydrogen-bond acceptors (Lipinski definition) is 3. The lowest BCUT2D eigenvalue weighted by Gasteiger charge is -2.43. The SMILES string of the molecule is Cc1ccc(C2(CNC(=O)C3CCS(=O)(=O)CC3)CCC2)cc1C. The van der Waals surface area contributed by atoms with Crippen LogP contribution in [0.5, 0.6) is 0 Å². The first kappa shape index (κ1) is 17.5. The molecule has 4 nitrogen and oxygen atoms in total. The molecule has 1 amide bonds. The molecule has 0 radical (unpaired) electrons. The van der Waals surface area contributed by atoms with E-state index in [1.165, 1.54) is 23.1 Å². The molecular weight excluding hydrogens is 322 g/mol. The summed E-state index contributed by atoms with van der Waals surface area (Å²) >= 11 is 0. The second kappa shape index (κ2) is 6.51. The van der Waals surface area contributed by atoms with Gasteiger partial charge in [-0.05, 0) is 56.2 Å². The van der Waals surface area contributed by atoms with E-state index in [1.807, 2.05) is 0 Å². The van der Waals surface area contributed by atoms with E-state index in [0.717, 1.165) is 12.8 Å². The highest BCUT2D eigenvalue weighted by Crippen LogP contribution is 2.43. The van der Waals surface area contributed by atoms with Crippen molar-refractivity contribution in [3.63, 3.8) is 0 Å². The lowest BCUT2D eigenvalue weighted by Crippen LogP contribution is -2.47. The minimum atomic E-state index is -2.92. The van der Waals surface area contributed by atoms with Crippen LogP contribution in [0.15, 0.2) is 18.2 Å². The third-order valence-corrected chi connectivity index (χ3v) is 7.67. The molecule has 1 heterocycles. The third kappa shape index (κ3) is 3.51. The van der Waals surface area contributed by atoms with Gasteiger partial charge in [0, 0.05) is 17.9 Å². The van der Waals surface area contributed by atoms with Crippen molar-refractivity contribution in [1.29, 1.82) is 0 Å². The molecule has 1 aromatic carbocycles. The van der Waals surface area contributed by atoms with Crippen LogP contribution in [0.3, 0.4) is 0 Å². The normalized spacial score (nSPS) is 22.6. The average Bonchev–Trinajstić information content (AvgIpc) is 2.49. The van der Waals surface area contributed by atoms with Crippen LogP contribution in [-0.2, 0) is 20.0 Å². The Labute approximate surface area is 145 Å². The lowest BCUT2D eigenvalue weighted by atomic mass is 9.64. The molecule has 0 atom stereocenters. The number of hydrogen-bond donors (Lipinski definition) is 1. The first-order chi connectivity index (χ1) is 11.3. The van der Waals surface area contributed by atoms with Gasteiger partial charge in [-0.2, -0.15) is 0 Å². The van der Waals surface area contributed by atoms with Crippen LogP contribution in [0.25, 0.3) is 0 Å². The molecule has 5 heteroatoms. The number of rotatable bonds is 4. The lowest BCUT2D eigenvalue weighted by molar-refractivity contribution is -0.125. The van der Waals surface area contributed by atoms with Crippen LogP contribution >= 0.6 is 0 Å². The van der Waals surface area contributed by atoms with Crippen LogP contribution in [0, 0.1) is 19.8 Å². The summed E-state index contributed by atoms with van der Waals surface area (Å²) in [5.74, 6) is 0.172. The van der Waals surface area contributed by atoms with E-state index in [4.69, 9.17) is 0 Å². The fourth-order valence-electron chi connectivity index (χ4n) is 3.80. The first-order valence-electron chi connectivity index (χ1n) is 8.87. The summed E-state index contributed by atoms with van der Waals surface area (Å²) in [7, 11) is -2.92. The van der Waals surface area contributed by atoms with Crippen LogP contribution in [-0.4, -0.2) is 32.4 Å². The summed E-state index contributed by atoms with van der Waals surface area (Å²) in [4.78, 5) is 12.4. The second-order valence-corrected chi connectivity index (χ2v) is 9.88. The molecule has 0 bridgehead atoms. The van der Waals surface area contributed by atoms with Crippen molar-refractivity contribution >= 4 is 15.7 Å². The van der Waals surface area contributed by atoms with Gasteiger partial charge in [0.2, 0.25) is 5.91 Å². The number of carbonyl (C=O) groups is 1. The predicted octanol–water partition coefficient (Wildman–Crippen LogP) is 2.67. The molecule has 2 aliphatic rings. The van der Waals surface area contributed by atoms with Gasteiger partial charge in [-0.1, -0.05) is 24.6 Å². The molecule has 0 spiro atoms. The largest absolute Gasteiger partial charge is 0.355 e. The molecule has 1 aliphatic heterocycles. The van der Waals surface area contributed by atoms with Crippen LogP contribution < -0.4 is 5.32 Å². The van der Waals surface area contributed by atoms with E-state index in [-0.39, 0.29) is 28.7 Å². The minimum Gasteiger partial charge on any atom is -0.355 e. The Morgan fingerprint density at radius 2 is 1.83 bits per heavy atom. The second-order valence-electron chi connectivity index (χ2n) is 7.58. The van der Waals surface area contributed by atoms with Gasteiger partial charge in [0.15, 0.2) is 0 Å². The maximum absolute atomic E-state index is 12.4. The zero-order chi connectivity index (χ0) is 17.4. The maximum Gasteiger partial charge on any atom is 0.223 e. The van der Waals surface area contributed by atoms with E-state index in [1.54, 1.807) is 0 Å². The molecule has 132 valence electrons. The summed E-state index contributed by atoms with van der Waals surface area (Å²) in [6.07, 6.45) is 4.34. The Morgan fingerprint density at radius 1 is 1.17 bits per heavy atom. The fourth-order valence-corrected chi connectivity index (χ4v) is 5.29. The molecule has 1 saturated carbocycles. The van der Waals surface area contributed by atoms with Crippen molar-refractivity contribution in [1.82, 2.24) is 5.32 Å². The standard InChI is InChI=1S/C19H27NO3S/c1-14-4-5-17(12-15(14)2)19(8-3-9-19)13-20-18(21)16-6-10-24(22,23)11-7-16/h4-5,12,16H,3,6-11,13H2,1-2H3,(H,20,21). The molecule has 24 heavy (non-hydrogen) atoms. The molecule has 1 saturated heterocycles. The Hall–Kier alpha value is -1.36. The van der Waals surface area contributed by atoms with Gasteiger partial charge in [0.25, 0.3) is 0 Å². The Bertz CT molecular complexity index is 721. The van der Waals surface area contributed by atoms with Gasteiger partial charge in [0.1, 0.15) is 9.84 Å². The van der Waals surface area contributed by atoms with Gasteiger partial charge >= 0.3 is 0 Å².